The highest BCUT2D eigenvalue weighted by Crippen LogP contribution is 2.31. The highest BCUT2D eigenvalue weighted by molar-refractivity contribution is 7.80. The topological polar surface area (TPSA) is 137 Å². The quantitative estimate of drug-likeness (QED) is 0.304. The summed E-state index contributed by atoms with van der Waals surface area (Å²) in [7, 11) is -3.61. The van der Waals surface area contributed by atoms with E-state index in [2.05, 4.69) is 9.60 Å². The zero-order valence-corrected chi connectivity index (χ0v) is 15.0. The Bertz CT molecular complexity index is 725. The number of nitrogens with zero attached hydrogens (tertiary/aromatic N) is 3. The Morgan fingerprint density at radius 2 is 2.07 bits per heavy atom. The monoisotopic (exact) mass is 405 g/mol. The SMILES string of the molecule is O=C[B]N1CC[C@H](NC(=O)[C@@H]2CC[C@@H]3CN2C(=O)N3OS(=O)(=O)O)[C@H](F)C1. The van der Waals surface area contributed by atoms with E-state index in [1.807, 2.05) is 0 Å². The van der Waals surface area contributed by atoms with Gasteiger partial charge in [-0.3, -0.25) is 9.35 Å². The molecule has 11 nitrogen and oxygen atoms in total. The van der Waals surface area contributed by atoms with Crippen LogP contribution in [0.15, 0.2) is 0 Å². The van der Waals surface area contributed by atoms with E-state index in [0.717, 1.165) is 4.90 Å². The molecule has 2 N–H and O–H groups in total. The molecule has 3 rings (SSSR count). The molecule has 3 saturated heterocycles. The number of amides is 3. The fourth-order valence-electron chi connectivity index (χ4n) is 3.70. The lowest BCUT2D eigenvalue weighted by molar-refractivity contribution is -0.127. The van der Waals surface area contributed by atoms with Crippen molar-refractivity contribution in [3.8, 4) is 0 Å². The van der Waals surface area contributed by atoms with E-state index in [4.69, 9.17) is 4.55 Å². The van der Waals surface area contributed by atoms with Crippen molar-refractivity contribution in [3.05, 3.63) is 0 Å². The number of halogens is 1. The fraction of sp³-hybridized carbons (Fsp3) is 0.769. The van der Waals surface area contributed by atoms with Crippen LogP contribution in [0.4, 0.5) is 9.18 Å². The first-order chi connectivity index (χ1) is 12.7. The summed E-state index contributed by atoms with van der Waals surface area (Å²) in [5.41, 5.74) is 0. The number of rotatable bonds is 6. The maximum Gasteiger partial charge on any atom is 0.418 e. The first kappa shape index (κ1) is 20.0. The van der Waals surface area contributed by atoms with Gasteiger partial charge in [-0.2, -0.15) is 13.5 Å². The maximum atomic E-state index is 14.3. The standard InChI is InChI=1S/C13H19BFN4O7S/c15-9-6-17(14-7-20)4-3-10(9)16-12(21)11-2-1-8-5-18(11)13(22)19(8)26-27(23,24)25/h7-11H,1-6H2,(H,16,21)(H,23,24,25)/t8-,9-,10+,11+/m1/s1. The molecule has 0 saturated carbocycles. The second-order valence-corrected chi connectivity index (χ2v) is 7.71. The molecule has 0 aromatic carbocycles. The van der Waals surface area contributed by atoms with Gasteiger partial charge in [0, 0.05) is 13.1 Å². The molecule has 14 heteroatoms. The number of piperidine rings is 2. The average molecular weight is 405 g/mol. The highest BCUT2D eigenvalue weighted by atomic mass is 32.3. The molecule has 0 spiro atoms. The Labute approximate surface area is 155 Å². The van der Waals surface area contributed by atoms with Crippen LogP contribution >= 0.6 is 0 Å². The minimum Gasteiger partial charge on any atom is -0.349 e. The van der Waals surface area contributed by atoms with Gasteiger partial charge in [0.25, 0.3) is 7.41 Å². The molecule has 3 heterocycles. The molecule has 0 aromatic heterocycles. The summed E-state index contributed by atoms with van der Waals surface area (Å²) in [5.74, 6) is -0.532. The van der Waals surface area contributed by atoms with Crippen molar-refractivity contribution in [1.82, 2.24) is 20.1 Å². The molecule has 3 aliphatic rings. The number of hydroxylamine groups is 2. The average Bonchev–Trinajstić information content (AvgIpc) is 2.81. The summed E-state index contributed by atoms with van der Waals surface area (Å²) in [6, 6.07) is -3.06. The molecule has 3 fully saturated rings. The third-order valence-electron chi connectivity index (χ3n) is 4.97. The third kappa shape index (κ3) is 4.39. The molecule has 1 radical (unpaired) electrons. The van der Waals surface area contributed by atoms with E-state index in [0.29, 0.717) is 30.6 Å². The van der Waals surface area contributed by atoms with E-state index in [1.165, 1.54) is 12.2 Å². The Balaban J connectivity index is 1.60. The predicted octanol–water partition coefficient (Wildman–Crippen LogP) is -1.67. The molecule has 3 aliphatic heterocycles. The number of carbonyl (C=O) groups excluding carboxylic acids is 3. The molecule has 149 valence electrons. The van der Waals surface area contributed by atoms with Crippen LogP contribution in [-0.4, -0.2) is 97.2 Å². The summed E-state index contributed by atoms with van der Waals surface area (Å²) in [6.07, 6.45) is 0.0511. The van der Waals surface area contributed by atoms with Gasteiger partial charge < -0.3 is 19.8 Å². The van der Waals surface area contributed by atoms with Gasteiger partial charge in [-0.15, -0.1) is 4.28 Å². The van der Waals surface area contributed by atoms with Crippen LogP contribution in [0.1, 0.15) is 19.3 Å². The predicted molar refractivity (Wildman–Crippen MR) is 88.9 cm³/mol. The molecule has 3 amide bonds. The van der Waals surface area contributed by atoms with Crippen LogP contribution in [0.2, 0.25) is 0 Å². The van der Waals surface area contributed by atoms with Crippen molar-refractivity contribution in [1.29, 1.82) is 0 Å². The second-order valence-electron chi connectivity index (χ2n) is 6.71. The number of alkyl halides is 1. The van der Waals surface area contributed by atoms with Gasteiger partial charge in [0.05, 0.1) is 18.3 Å². The van der Waals surface area contributed by atoms with E-state index in [-0.39, 0.29) is 19.5 Å². The summed E-state index contributed by atoms with van der Waals surface area (Å²) in [5, 5.41) is 3.15. The Morgan fingerprint density at radius 1 is 1.33 bits per heavy atom. The van der Waals surface area contributed by atoms with Crippen LogP contribution in [-0.2, 0) is 24.3 Å². The molecule has 2 bridgehead atoms. The molecule has 27 heavy (non-hydrogen) atoms. The van der Waals surface area contributed by atoms with Crippen LogP contribution in [0.3, 0.4) is 0 Å². The lowest BCUT2D eigenvalue weighted by atomic mass is 9.89. The summed E-state index contributed by atoms with van der Waals surface area (Å²) in [4.78, 5) is 38.0. The molecule has 0 aromatic rings. The van der Waals surface area contributed by atoms with Crippen molar-refractivity contribution in [3.63, 3.8) is 0 Å². The van der Waals surface area contributed by atoms with Crippen molar-refractivity contribution in [2.24, 2.45) is 0 Å². The molecule has 0 unspecified atom stereocenters. The smallest absolute Gasteiger partial charge is 0.349 e. The number of hydrogen-bond acceptors (Lipinski definition) is 7. The molecular formula is C13H19BFN4O7S. The van der Waals surface area contributed by atoms with Crippen molar-refractivity contribution in [2.75, 3.05) is 19.6 Å². The lowest BCUT2D eigenvalue weighted by Gasteiger charge is -2.36. The first-order valence-corrected chi connectivity index (χ1v) is 9.80. The fourth-order valence-corrected chi connectivity index (χ4v) is 4.08. The number of carbonyl (C=O) groups is 3. The lowest BCUT2D eigenvalue weighted by Crippen LogP contribution is -2.57. The third-order valence-corrected chi connectivity index (χ3v) is 5.32. The van der Waals surface area contributed by atoms with Gasteiger partial charge in [-0.25, -0.2) is 9.18 Å². The Morgan fingerprint density at radius 3 is 2.70 bits per heavy atom. The Hall–Kier alpha value is -1.77. The molecule has 0 aliphatic carbocycles. The van der Waals surface area contributed by atoms with Gasteiger partial charge in [0.1, 0.15) is 12.2 Å². The normalized spacial score (nSPS) is 31.7. The van der Waals surface area contributed by atoms with Gasteiger partial charge >= 0.3 is 16.4 Å². The maximum absolute atomic E-state index is 14.3. The number of nitrogens with one attached hydrogen (secondary N) is 1. The minimum absolute atomic E-state index is 0.0188. The van der Waals surface area contributed by atoms with Gasteiger partial charge in [-0.1, -0.05) is 0 Å². The van der Waals surface area contributed by atoms with E-state index in [1.54, 1.807) is 0 Å². The number of hydrogen-bond donors (Lipinski definition) is 2. The van der Waals surface area contributed by atoms with Crippen molar-refractivity contribution < 1.29 is 36.0 Å². The molecule has 4 atom stereocenters. The van der Waals surface area contributed by atoms with Gasteiger partial charge in [0.2, 0.25) is 5.91 Å². The summed E-state index contributed by atoms with van der Waals surface area (Å²) < 4.78 is 49.1. The van der Waals surface area contributed by atoms with Crippen molar-refractivity contribution in [2.45, 2.75) is 43.6 Å². The molecular weight excluding hydrogens is 386 g/mol. The highest BCUT2D eigenvalue weighted by Gasteiger charge is 2.49. The summed E-state index contributed by atoms with van der Waals surface area (Å²) in [6.45, 7) is 0.461. The van der Waals surface area contributed by atoms with Crippen LogP contribution in [0, 0.1) is 0 Å². The number of fused-ring (bicyclic) bond motifs is 2. The van der Waals surface area contributed by atoms with Crippen molar-refractivity contribution >= 4 is 35.9 Å². The van der Waals surface area contributed by atoms with E-state index in [9.17, 15) is 27.2 Å². The zero-order valence-electron chi connectivity index (χ0n) is 14.2. The van der Waals surface area contributed by atoms with Crippen LogP contribution < -0.4 is 5.32 Å². The largest absolute Gasteiger partial charge is 0.418 e. The zero-order chi connectivity index (χ0) is 19.8. The van der Waals surface area contributed by atoms with E-state index < -0.39 is 46.6 Å². The number of urea groups is 1. The van der Waals surface area contributed by atoms with E-state index >= 15 is 0 Å². The van der Waals surface area contributed by atoms with Gasteiger partial charge in [-0.05, 0) is 25.8 Å². The second kappa shape index (κ2) is 7.69. The van der Waals surface area contributed by atoms with Gasteiger partial charge in [0.15, 0.2) is 0 Å². The first-order valence-electron chi connectivity index (χ1n) is 8.43. The minimum atomic E-state index is -4.86. The Kier molecular flexibility index (Phi) is 5.69. The van der Waals surface area contributed by atoms with Crippen LogP contribution in [0.5, 0.6) is 0 Å². The summed E-state index contributed by atoms with van der Waals surface area (Å²) >= 11 is 0. The van der Waals surface area contributed by atoms with Crippen LogP contribution in [0.25, 0.3) is 0 Å².